The van der Waals surface area contributed by atoms with Gasteiger partial charge in [0.25, 0.3) is 0 Å². The van der Waals surface area contributed by atoms with E-state index in [2.05, 4.69) is 54.5 Å². The molecule has 1 fully saturated rings. The molecule has 0 bridgehead atoms. The molecule has 0 saturated carbocycles. The first-order valence-electron chi connectivity index (χ1n) is 12.6. The molecule has 38 heavy (non-hydrogen) atoms. The molecule has 0 spiro atoms. The van der Waals surface area contributed by atoms with Crippen LogP contribution in [0.2, 0.25) is 0 Å². The number of rotatable bonds is 6. The van der Waals surface area contributed by atoms with Crippen LogP contribution in [-0.2, 0) is 0 Å². The fourth-order valence-electron chi connectivity index (χ4n) is 4.41. The molecule has 0 amide bonds. The van der Waals surface area contributed by atoms with Gasteiger partial charge in [0.05, 0.1) is 22.7 Å². The summed E-state index contributed by atoms with van der Waals surface area (Å²) in [4.78, 5) is 4.76. The number of hydrogen-bond donors (Lipinski definition) is 2. The van der Waals surface area contributed by atoms with Gasteiger partial charge in [-0.15, -0.1) is 0 Å². The van der Waals surface area contributed by atoms with E-state index in [9.17, 15) is 10.2 Å². The second kappa shape index (κ2) is 11.1. The van der Waals surface area contributed by atoms with Gasteiger partial charge in [-0.25, -0.2) is 0 Å². The van der Waals surface area contributed by atoms with Gasteiger partial charge < -0.3 is 20.0 Å². The van der Waals surface area contributed by atoms with Crippen LogP contribution in [0.15, 0.2) is 105 Å². The first-order valence-corrected chi connectivity index (χ1v) is 12.6. The third-order valence-electron chi connectivity index (χ3n) is 6.62. The van der Waals surface area contributed by atoms with Crippen molar-refractivity contribution in [3.63, 3.8) is 0 Å². The van der Waals surface area contributed by atoms with Crippen LogP contribution in [0.3, 0.4) is 0 Å². The molecule has 0 aromatic heterocycles. The predicted octanol–water partition coefficient (Wildman–Crippen LogP) is 7.87. The Morgan fingerprint density at radius 3 is 1.21 bits per heavy atom. The highest BCUT2D eigenvalue weighted by molar-refractivity contribution is 5.57. The number of aryl methyl sites for hydroxylation is 2. The maximum absolute atomic E-state index is 9.55. The largest absolute Gasteiger partial charge is 0.508 e. The standard InChI is InChI=1S/C30H30N6O2/c1-21-19-27(37)11-13-29(21)33-31-23-3-7-25(8-4-23)35-15-17-36(18-16-35)26-9-5-24(6-10-26)32-34-30-14-12-28(38)20-22(30)2/h3-14,19-20,37-38H,15-18H2,1-2H3/b33-31+,34-32+. The normalized spacial score (nSPS) is 14.1. The Hall–Kier alpha value is -4.72. The number of hydrogen-bond acceptors (Lipinski definition) is 8. The Morgan fingerprint density at radius 2 is 0.868 bits per heavy atom. The van der Waals surface area contributed by atoms with Crippen molar-refractivity contribution in [3.8, 4) is 11.5 Å². The maximum atomic E-state index is 9.55. The molecular weight excluding hydrogens is 476 g/mol. The summed E-state index contributed by atoms with van der Waals surface area (Å²) in [5.74, 6) is 0.456. The van der Waals surface area contributed by atoms with E-state index in [1.165, 1.54) is 11.4 Å². The fourth-order valence-corrected chi connectivity index (χ4v) is 4.41. The first-order chi connectivity index (χ1) is 18.4. The quantitative estimate of drug-likeness (QED) is 0.260. The Bertz CT molecular complexity index is 1340. The van der Waals surface area contributed by atoms with Crippen LogP contribution >= 0.6 is 0 Å². The second-order valence-corrected chi connectivity index (χ2v) is 9.35. The molecule has 8 heteroatoms. The molecule has 4 aromatic rings. The molecule has 8 nitrogen and oxygen atoms in total. The molecule has 1 heterocycles. The number of nitrogens with zero attached hydrogens (tertiary/aromatic N) is 6. The van der Waals surface area contributed by atoms with Crippen molar-refractivity contribution in [2.75, 3.05) is 36.0 Å². The van der Waals surface area contributed by atoms with Crippen LogP contribution in [0.4, 0.5) is 34.1 Å². The van der Waals surface area contributed by atoms with Gasteiger partial charge in [0, 0.05) is 37.6 Å². The molecule has 0 aliphatic carbocycles. The van der Waals surface area contributed by atoms with E-state index < -0.39 is 0 Å². The molecule has 2 N–H and O–H groups in total. The Kier molecular flexibility index (Phi) is 7.31. The molecule has 0 atom stereocenters. The highest BCUT2D eigenvalue weighted by atomic mass is 16.3. The third-order valence-corrected chi connectivity index (χ3v) is 6.62. The van der Waals surface area contributed by atoms with Crippen LogP contribution in [0.5, 0.6) is 11.5 Å². The average molecular weight is 507 g/mol. The van der Waals surface area contributed by atoms with Gasteiger partial charge in [-0.05, 0) is 110 Å². The Labute approximate surface area is 222 Å². The van der Waals surface area contributed by atoms with E-state index >= 15 is 0 Å². The topological polar surface area (TPSA) is 96.4 Å². The van der Waals surface area contributed by atoms with E-state index in [1.807, 2.05) is 38.1 Å². The van der Waals surface area contributed by atoms with Crippen LogP contribution < -0.4 is 9.80 Å². The number of anilines is 2. The molecule has 5 rings (SSSR count). The van der Waals surface area contributed by atoms with Crippen molar-refractivity contribution in [1.82, 2.24) is 0 Å². The number of phenolic OH excluding ortho intramolecular Hbond substituents is 2. The third kappa shape index (κ3) is 5.98. The summed E-state index contributed by atoms with van der Waals surface area (Å²) in [5, 5.41) is 36.4. The zero-order chi connectivity index (χ0) is 26.5. The van der Waals surface area contributed by atoms with Crippen LogP contribution in [0.25, 0.3) is 0 Å². The first kappa shape index (κ1) is 25.0. The zero-order valence-corrected chi connectivity index (χ0v) is 21.5. The number of benzene rings is 4. The van der Waals surface area contributed by atoms with Crippen LogP contribution in [0, 0.1) is 13.8 Å². The van der Waals surface area contributed by atoms with Gasteiger partial charge in [-0.2, -0.15) is 20.5 Å². The minimum Gasteiger partial charge on any atom is -0.508 e. The van der Waals surface area contributed by atoms with Crippen molar-refractivity contribution < 1.29 is 10.2 Å². The molecule has 4 aromatic carbocycles. The summed E-state index contributed by atoms with van der Waals surface area (Å²) >= 11 is 0. The van der Waals surface area contributed by atoms with Crippen molar-refractivity contribution in [1.29, 1.82) is 0 Å². The Balaban J connectivity index is 1.15. The van der Waals surface area contributed by atoms with Crippen molar-refractivity contribution in [2.45, 2.75) is 13.8 Å². The van der Waals surface area contributed by atoms with Crippen LogP contribution in [0.1, 0.15) is 11.1 Å². The molecule has 1 aliphatic heterocycles. The van der Waals surface area contributed by atoms with Crippen molar-refractivity contribution >= 4 is 34.1 Å². The van der Waals surface area contributed by atoms with Crippen molar-refractivity contribution in [3.05, 3.63) is 96.1 Å². The molecule has 0 radical (unpaired) electrons. The van der Waals surface area contributed by atoms with E-state index in [0.29, 0.717) is 0 Å². The lowest BCUT2D eigenvalue weighted by atomic mass is 10.2. The summed E-state index contributed by atoms with van der Waals surface area (Å²) in [5.41, 5.74) is 7.17. The highest BCUT2D eigenvalue weighted by Gasteiger charge is 2.17. The van der Waals surface area contributed by atoms with Crippen molar-refractivity contribution in [2.24, 2.45) is 20.5 Å². The van der Waals surface area contributed by atoms with Gasteiger partial charge >= 0.3 is 0 Å². The number of aromatic hydroxyl groups is 2. The van der Waals surface area contributed by atoms with E-state index in [1.54, 1.807) is 36.4 Å². The molecule has 0 unspecified atom stereocenters. The minimum atomic E-state index is 0.228. The maximum Gasteiger partial charge on any atom is 0.115 e. The Morgan fingerprint density at radius 1 is 0.500 bits per heavy atom. The van der Waals surface area contributed by atoms with Gasteiger partial charge in [0.2, 0.25) is 0 Å². The predicted molar refractivity (Wildman–Crippen MR) is 151 cm³/mol. The van der Waals surface area contributed by atoms with E-state index in [4.69, 9.17) is 0 Å². The molecular formula is C30H30N6O2. The number of azo groups is 2. The van der Waals surface area contributed by atoms with E-state index in [0.717, 1.165) is 60.1 Å². The monoisotopic (exact) mass is 506 g/mol. The second-order valence-electron chi connectivity index (χ2n) is 9.35. The average Bonchev–Trinajstić information content (AvgIpc) is 2.93. The molecule has 1 aliphatic rings. The van der Waals surface area contributed by atoms with Gasteiger partial charge in [0.15, 0.2) is 0 Å². The van der Waals surface area contributed by atoms with Gasteiger partial charge in [-0.1, -0.05) is 0 Å². The summed E-state index contributed by atoms with van der Waals surface area (Å²) in [7, 11) is 0. The number of phenols is 2. The molecule has 1 saturated heterocycles. The molecule has 192 valence electrons. The minimum absolute atomic E-state index is 0.228. The SMILES string of the molecule is Cc1cc(O)ccc1/N=N/c1ccc(N2CCN(c3ccc(/N=N/c4ccc(O)cc4C)cc3)CC2)cc1. The lowest BCUT2D eigenvalue weighted by Crippen LogP contribution is -2.46. The summed E-state index contributed by atoms with van der Waals surface area (Å²) in [6.07, 6.45) is 0. The van der Waals surface area contributed by atoms with E-state index in [-0.39, 0.29) is 11.5 Å². The highest BCUT2D eigenvalue weighted by Crippen LogP contribution is 2.29. The number of piperazine rings is 1. The smallest absolute Gasteiger partial charge is 0.115 e. The van der Waals surface area contributed by atoms with Gasteiger partial charge in [0.1, 0.15) is 11.5 Å². The summed E-state index contributed by atoms with van der Waals surface area (Å²) in [6, 6.07) is 26.4. The van der Waals surface area contributed by atoms with Crippen LogP contribution in [-0.4, -0.2) is 36.4 Å². The summed E-state index contributed by atoms with van der Waals surface area (Å²) < 4.78 is 0. The lowest BCUT2D eigenvalue weighted by Gasteiger charge is -2.37. The lowest BCUT2D eigenvalue weighted by molar-refractivity contribution is 0.474. The fraction of sp³-hybridized carbons (Fsp3) is 0.200. The zero-order valence-electron chi connectivity index (χ0n) is 21.5. The summed E-state index contributed by atoms with van der Waals surface area (Å²) in [6.45, 7) is 7.50. The van der Waals surface area contributed by atoms with Gasteiger partial charge in [-0.3, -0.25) is 0 Å².